The van der Waals surface area contributed by atoms with E-state index in [-0.39, 0.29) is 5.91 Å². The lowest BCUT2D eigenvalue weighted by atomic mass is 10.3. The molecule has 2 aromatic rings. The monoisotopic (exact) mass is 309 g/mol. The van der Waals surface area contributed by atoms with Gasteiger partial charge >= 0.3 is 0 Å². The molecule has 0 saturated heterocycles. The number of amides is 1. The Kier molecular flexibility index (Phi) is 4.98. The summed E-state index contributed by atoms with van der Waals surface area (Å²) in [6.45, 7) is 3.21. The number of carbonyl (C=O) groups excluding carboxylic acids is 1. The van der Waals surface area contributed by atoms with Crippen LogP contribution in [0.5, 0.6) is 0 Å². The van der Waals surface area contributed by atoms with Gasteiger partial charge in [0.2, 0.25) is 5.91 Å². The third-order valence-corrected chi connectivity index (χ3v) is 4.03. The molecule has 0 aliphatic carbocycles. The summed E-state index contributed by atoms with van der Waals surface area (Å²) in [6, 6.07) is 3.80. The molecule has 0 fully saturated rings. The molecular formula is C14H16ClN3OS. The van der Waals surface area contributed by atoms with Gasteiger partial charge < -0.3 is 4.90 Å². The molecule has 106 valence electrons. The molecule has 0 aliphatic rings. The van der Waals surface area contributed by atoms with E-state index in [1.54, 1.807) is 27.9 Å². The number of nitrogens with zero attached hydrogens (tertiary/aromatic N) is 3. The van der Waals surface area contributed by atoms with Gasteiger partial charge in [-0.1, -0.05) is 11.6 Å². The van der Waals surface area contributed by atoms with Crippen LogP contribution >= 0.6 is 22.9 Å². The highest BCUT2D eigenvalue weighted by Gasteiger charge is 2.10. The van der Waals surface area contributed by atoms with Gasteiger partial charge in [-0.15, -0.1) is 11.3 Å². The Morgan fingerprint density at radius 2 is 2.35 bits per heavy atom. The van der Waals surface area contributed by atoms with Crippen molar-refractivity contribution >= 4 is 34.9 Å². The van der Waals surface area contributed by atoms with Gasteiger partial charge in [-0.05, 0) is 25.1 Å². The number of carbonyl (C=O) groups is 1. The SMILES string of the molecule is CCN(Cc1ccc(Cl)s1)C(=O)/C=C/c1cnn(C)c1. The van der Waals surface area contributed by atoms with Crippen LogP contribution < -0.4 is 0 Å². The maximum absolute atomic E-state index is 12.1. The number of likely N-dealkylation sites (N-methyl/N-ethyl adjacent to an activating group) is 1. The number of hydrogen-bond acceptors (Lipinski definition) is 3. The Labute approximate surface area is 127 Å². The highest BCUT2D eigenvalue weighted by Crippen LogP contribution is 2.22. The normalized spacial score (nSPS) is 11.2. The molecule has 2 aromatic heterocycles. The Morgan fingerprint density at radius 1 is 1.55 bits per heavy atom. The van der Waals surface area contributed by atoms with Crippen molar-refractivity contribution in [1.82, 2.24) is 14.7 Å². The molecule has 0 N–H and O–H groups in total. The molecule has 0 aliphatic heterocycles. The number of halogens is 1. The molecule has 0 bridgehead atoms. The number of thiophene rings is 1. The van der Waals surface area contributed by atoms with Crippen molar-refractivity contribution in [2.45, 2.75) is 13.5 Å². The molecule has 4 nitrogen and oxygen atoms in total. The molecule has 2 heterocycles. The highest BCUT2D eigenvalue weighted by molar-refractivity contribution is 7.16. The molecule has 0 radical (unpaired) electrons. The summed E-state index contributed by atoms with van der Waals surface area (Å²) >= 11 is 7.40. The second-order valence-electron chi connectivity index (χ2n) is 4.34. The smallest absolute Gasteiger partial charge is 0.246 e. The summed E-state index contributed by atoms with van der Waals surface area (Å²) in [5.41, 5.74) is 0.913. The van der Waals surface area contributed by atoms with E-state index in [4.69, 9.17) is 11.6 Å². The van der Waals surface area contributed by atoms with Crippen molar-refractivity contribution < 1.29 is 4.79 Å². The fourth-order valence-corrected chi connectivity index (χ4v) is 2.87. The first kappa shape index (κ1) is 14.8. The first-order valence-corrected chi connectivity index (χ1v) is 7.47. The zero-order valence-electron chi connectivity index (χ0n) is 11.4. The van der Waals surface area contributed by atoms with Crippen LogP contribution in [0.2, 0.25) is 4.34 Å². The van der Waals surface area contributed by atoms with Crippen LogP contribution in [-0.4, -0.2) is 27.1 Å². The van der Waals surface area contributed by atoms with E-state index in [2.05, 4.69) is 5.10 Å². The van der Waals surface area contributed by atoms with E-state index in [9.17, 15) is 4.79 Å². The van der Waals surface area contributed by atoms with Crippen molar-refractivity contribution in [2.24, 2.45) is 7.05 Å². The maximum atomic E-state index is 12.1. The summed E-state index contributed by atoms with van der Waals surface area (Å²) in [4.78, 5) is 15.0. The zero-order valence-corrected chi connectivity index (χ0v) is 13.0. The molecule has 6 heteroatoms. The Bertz CT molecular complexity index is 617. The van der Waals surface area contributed by atoms with E-state index < -0.39 is 0 Å². The van der Waals surface area contributed by atoms with Crippen LogP contribution in [0.4, 0.5) is 0 Å². The predicted octanol–water partition coefficient (Wildman–Crippen LogP) is 3.20. The quantitative estimate of drug-likeness (QED) is 0.796. The summed E-state index contributed by atoms with van der Waals surface area (Å²) in [5.74, 6) is -0.0131. The third-order valence-electron chi connectivity index (χ3n) is 2.81. The van der Waals surface area contributed by atoms with E-state index >= 15 is 0 Å². The number of aromatic nitrogens is 2. The molecule has 2 rings (SSSR count). The maximum Gasteiger partial charge on any atom is 0.246 e. The average molecular weight is 310 g/mol. The van der Waals surface area contributed by atoms with Crippen LogP contribution in [0.3, 0.4) is 0 Å². The molecular weight excluding hydrogens is 294 g/mol. The van der Waals surface area contributed by atoms with Crippen molar-refractivity contribution in [3.8, 4) is 0 Å². The minimum absolute atomic E-state index is 0.0131. The number of hydrogen-bond donors (Lipinski definition) is 0. The van der Waals surface area contributed by atoms with Gasteiger partial charge in [0, 0.05) is 36.3 Å². The van der Waals surface area contributed by atoms with Gasteiger partial charge in [-0.2, -0.15) is 5.10 Å². The predicted molar refractivity (Wildman–Crippen MR) is 82.7 cm³/mol. The Hall–Kier alpha value is -1.59. The molecule has 0 saturated carbocycles. The fraction of sp³-hybridized carbons (Fsp3) is 0.286. The van der Waals surface area contributed by atoms with E-state index in [1.165, 1.54) is 11.3 Å². The van der Waals surface area contributed by atoms with Crippen LogP contribution in [0.1, 0.15) is 17.4 Å². The summed E-state index contributed by atoms with van der Waals surface area (Å²) in [5, 5.41) is 4.06. The van der Waals surface area contributed by atoms with Gasteiger partial charge in [0.1, 0.15) is 0 Å². The molecule has 1 amide bonds. The third kappa shape index (κ3) is 3.95. The summed E-state index contributed by atoms with van der Waals surface area (Å²) in [6.07, 6.45) is 6.94. The standard InChI is InChI=1S/C14H16ClN3OS/c1-3-18(10-12-5-6-13(15)20-12)14(19)7-4-11-8-16-17(2)9-11/h4-9H,3,10H2,1-2H3/b7-4+. The molecule has 0 atom stereocenters. The van der Waals surface area contributed by atoms with Crippen molar-refractivity contribution in [1.29, 1.82) is 0 Å². The van der Waals surface area contributed by atoms with Gasteiger partial charge in [-0.25, -0.2) is 0 Å². The topological polar surface area (TPSA) is 38.1 Å². The molecule has 0 spiro atoms. The van der Waals surface area contributed by atoms with Crippen molar-refractivity contribution in [3.05, 3.63) is 45.4 Å². The minimum atomic E-state index is -0.0131. The van der Waals surface area contributed by atoms with Crippen LogP contribution in [-0.2, 0) is 18.4 Å². The average Bonchev–Trinajstić information content (AvgIpc) is 3.02. The van der Waals surface area contributed by atoms with Gasteiger partial charge in [-0.3, -0.25) is 9.48 Å². The van der Waals surface area contributed by atoms with Crippen LogP contribution in [0.15, 0.2) is 30.6 Å². The van der Waals surface area contributed by atoms with Crippen LogP contribution in [0, 0.1) is 0 Å². The minimum Gasteiger partial charge on any atom is -0.334 e. The van der Waals surface area contributed by atoms with E-state index in [0.717, 1.165) is 14.8 Å². The van der Waals surface area contributed by atoms with E-state index in [1.807, 2.05) is 32.3 Å². The second kappa shape index (κ2) is 6.72. The lowest BCUT2D eigenvalue weighted by Crippen LogP contribution is -2.28. The number of aryl methyl sites for hydroxylation is 1. The first-order valence-electron chi connectivity index (χ1n) is 6.28. The first-order chi connectivity index (χ1) is 9.58. The van der Waals surface area contributed by atoms with Gasteiger partial charge in [0.05, 0.1) is 17.1 Å². The second-order valence-corrected chi connectivity index (χ2v) is 6.14. The van der Waals surface area contributed by atoms with Gasteiger partial charge in [0.15, 0.2) is 0 Å². The summed E-state index contributed by atoms with van der Waals surface area (Å²) < 4.78 is 2.45. The highest BCUT2D eigenvalue weighted by atomic mass is 35.5. The van der Waals surface area contributed by atoms with Crippen molar-refractivity contribution in [2.75, 3.05) is 6.54 Å². The Balaban J connectivity index is 2.00. The fourth-order valence-electron chi connectivity index (χ4n) is 1.77. The molecule has 20 heavy (non-hydrogen) atoms. The lowest BCUT2D eigenvalue weighted by Gasteiger charge is -2.17. The zero-order chi connectivity index (χ0) is 14.5. The van der Waals surface area contributed by atoms with Crippen LogP contribution in [0.25, 0.3) is 6.08 Å². The molecule has 0 unspecified atom stereocenters. The Morgan fingerprint density at radius 3 is 2.90 bits per heavy atom. The molecule has 0 aromatic carbocycles. The summed E-state index contributed by atoms with van der Waals surface area (Å²) in [7, 11) is 1.85. The van der Waals surface area contributed by atoms with Crippen molar-refractivity contribution in [3.63, 3.8) is 0 Å². The van der Waals surface area contributed by atoms with E-state index in [0.29, 0.717) is 13.1 Å². The lowest BCUT2D eigenvalue weighted by molar-refractivity contribution is -0.126. The van der Waals surface area contributed by atoms with Gasteiger partial charge in [0.25, 0.3) is 0 Å². The largest absolute Gasteiger partial charge is 0.334 e. The number of rotatable bonds is 5.